The van der Waals surface area contributed by atoms with Gasteiger partial charge in [0, 0.05) is 44.5 Å². The van der Waals surface area contributed by atoms with E-state index in [1.54, 1.807) is 12.1 Å². The maximum atomic E-state index is 14.0. The lowest BCUT2D eigenvalue weighted by Gasteiger charge is -2.43. The first kappa shape index (κ1) is 17.2. The predicted molar refractivity (Wildman–Crippen MR) is 106 cm³/mol. The van der Waals surface area contributed by atoms with Crippen LogP contribution in [0.2, 0.25) is 0 Å². The van der Waals surface area contributed by atoms with Gasteiger partial charge in [0.05, 0.1) is 11.4 Å². The summed E-state index contributed by atoms with van der Waals surface area (Å²) < 4.78 is 14.0. The number of hydrogen-bond donors (Lipinski definition) is 0. The van der Waals surface area contributed by atoms with Crippen LogP contribution in [0.4, 0.5) is 21.5 Å². The second kappa shape index (κ2) is 7.16. The number of benzene rings is 2. The van der Waals surface area contributed by atoms with Gasteiger partial charge in [-0.15, -0.1) is 0 Å². The summed E-state index contributed by atoms with van der Waals surface area (Å²) in [7, 11) is 0. The number of nitrogens with zero attached hydrogens (tertiary/aromatic N) is 4. The van der Waals surface area contributed by atoms with E-state index in [1.165, 1.54) is 5.69 Å². The van der Waals surface area contributed by atoms with Crippen LogP contribution in [-0.2, 0) is 0 Å². The van der Waals surface area contributed by atoms with Crippen molar-refractivity contribution in [1.82, 2.24) is 5.01 Å². The molecule has 1 saturated heterocycles. The first-order valence-electron chi connectivity index (χ1n) is 9.59. The lowest BCUT2D eigenvalue weighted by Crippen LogP contribution is -2.58. The number of anilines is 3. The Labute approximate surface area is 155 Å². The van der Waals surface area contributed by atoms with Crippen molar-refractivity contribution < 1.29 is 4.39 Å². The summed E-state index contributed by atoms with van der Waals surface area (Å²) in [4.78, 5) is 4.81. The quantitative estimate of drug-likeness (QED) is 0.824. The molecule has 0 radical (unpaired) electrons. The third-order valence-corrected chi connectivity index (χ3v) is 5.45. The monoisotopic (exact) mass is 354 g/mol. The molecule has 2 aromatic carbocycles. The molecule has 0 spiro atoms. The molecule has 4 nitrogen and oxygen atoms in total. The minimum absolute atomic E-state index is 0.165. The first-order valence-corrected chi connectivity index (χ1v) is 9.59. The molecular formula is C21H27FN4. The molecule has 1 fully saturated rings. The van der Waals surface area contributed by atoms with E-state index >= 15 is 0 Å². The Morgan fingerprint density at radius 2 is 1.69 bits per heavy atom. The van der Waals surface area contributed by atoms with Crippen molar-refractivity contribution in [1.29, 1.82) is 0 Å². The highest BCUT2D eigenvalue weighted by molar-refractivity contribution is 5.77. The fraction of sp³-hybridized carbons (Fsp3) is 0.429. The van der Waals surface area contributed by atoms with Crippen LogP contribution in [0, 0.1) is 5.82 Å². The van der Waals surface area contributed by atoms with Crippen LogP contribution in [-0.4, -0.2) is 43.9 Å². The third-order valence-electron chi connectivity index (χ3n) is 5.45. The van der Waals surface area contributed by atoms with Gasteiger partial charge in [-0.2, -0.15) is 0 Å². The van der Waals surface area contributed by atoms with E-state index in [4.69, 9.17) is 0 Å². The van der Waals surface area contributed by atoms with Gasteiger partial charge in [-0.05, 0) is 37.6 Å². The van der Waals surface area contributed by atoms with Gasteiger partial charge in [-0.25, -0.2) is 9.40 Å². The van der Waals surface area contributed by atoms with Crippen LogP contribution < -0.4 is 14.8 Å². The Morgan fingerprint density at radius 3 is 2.38 bits per heavy atom. The second-order valence-corrected chi connectivity index (χ2v) is 7.08. The Hall–Kier alpha value is -2.27. The number of piperazine rings is 1. The molecule has 2 aliphatic rings. The maximum absolute atomic E-state index is 14.0. The van der Waals surface area contributed by atoms with Crippen LogP contribution >= 0.6 is 0 Å². The number of hydrogen-bond acceptors (Lipinski definition) is 4. The molecule has 5 heteroatoms. The number of para-hydroxylation sites is 1. The van der Waals surface area contributed by atoms with Crippen molar-refractivity contribution in [3.63, 3.8) is 0 Å². The molecule has 0 N–H and O–H groups in total. The Bertz CT molecular complexity index is 743. The van der Waals surface area contributed by atoms with Gasteiger partial charge in [-0.3, -0.25) is 5.01 Å². The summed E-state index contributed by atoms with van der Waals surface area (Å²) in [6, 6.07) is 15.8. The van der Waals surface area contributed by atoms with Gasteiger partial charge in [-0.1, -0.05) is 25.1 Å². The lowest BCUT2D eigenvalue weighted by molar-refractivity contribution is 0.218. The van der Waals surface area contributed by atoms with Crippen molar-refractivity contribution in [3.05, 3.63) is 54.3 Å². The molecule has 1 atom stereocenters. The lowest BCUT2D eigenvalue weighted by atomic mass is 10.2. The van der Waals surface area contributed by atoms with E-state index in [-0.39, 0.29) is 12.0 Å². The average molecular weight is 354 g/mol. The molecule has 0 aromatic heterocycles. The van der Waals surface area contributed by atoms with Crippen LogP contribution in [0.15, 0.2) is 48.5 Å². The molecular weight excluding hydrogens is 327 g/mol. The first-order chi connectivity index (χ1) is 12.7. The highest BCUT2D eigenvalue weighted by Gasteiger charge is 2.37. The second-order valence-electron chi connectivity index (χ2n) is 7.08. The van der Waals surface area contributed by atoms with Gasteiger partial charge in [0.1, 0.15) is 12.0 Å². The minimum Gasteiger partial charge on any atom is -0.369 e. The fourth-order valence-electron chi connectivity index (χ4n) is 4.20. The molecule has 2 aliphatic heterocycles. The zero-order valence-electron chi connectivity index (χ0n) is 15.6. The minimum atomic E-state index is -0.165. The summed E-state index contributed by atoms with van der Waals surface area (Å²) in [5.74, 6) is -0.165. The van der Waals surface area contributed by atoms with Crippen LogP contribution in [0.25, 0.3) is 0 Å². The molecule has 0 saturated carbocycles. The van der Waals surface area contributed by atoms with E-state index in [0.717, 1.165) is 50.5 Å². The number of hydrazine groups is 1. The molecule has 2 heterocycles. The smallest absolute Gasteiger partial charge is 0.125 e. The van der Waals surface area contributed by atoms with Crippen LogP contribution in [0.1, 0.15) is 20.3 Å². The Morgan fingerprint density at radius 1 is 0.962 bits per heavy atom. The van der Waals surface area contributed by atoms with Crippen LogP contribution in [0.3, 0.4) is 0 Å². The molecule has 4 rings (SSSR count). The van der Waals surface area contributed by atoms with Gasteiger partial charge in [0.2, 0.25) is 0 Å². The highest BCUT2D eigenvalue weighted by Crippen LogP contribution is 2.41. The Balaban J connectivity index is 1.54. The van der Waals surface area contributed by atoms with Gasteiger partial charge < -0.3 is 9.80 Å². The number of halogens is 1. The molecule has 26 heavy (non-hydrogen) atoms. The summed E-state index contributed by atoms with van der Waals surface area (Å²) in [5, 5.41) is 4.69. The third kappa shape index (κ3) is 3.01. The van der Waals surface area contributed by atoms with E-state index in [9.17, 15) is 4.39 Å². The molecule has 0 aliphatic carbocycles. The van der Waals surface area contributed by atoms with E-state index in [1.807, 2.05) is 6.07 Å². The zero-order valence-corrected chi connectivity index (χ0v) is 15.6. The molecule has 2 aromatic rings. The van der Waals surface area contributed by atoms with Gasteiger partial charge in [0.15, 0.2) is 0 Å². The summed E-state index contributed by atoms with van der Waals surface area (Å²) in [5.41, 5.74) is 3.42. The SMILES string of the molecule is CCCN1c2ccc(F)cc2N(N2CCN(c3ccccc3)CC2)C1C. The fourth-order valence-corrected chi connectivity index (χ4v) is 4.20. The topological polar surface area (TPSA) is 13.0 Å². The van der Waals surface area contributed by atoms with E-state index in [2.05, 4.69) is 64.0 Å². The summed E-state index contributed by atoms with van der Waals surface area (Å²) in [6.07, 6.45) is 1.30. The van der Waals surface area contributed by atoms with Crippen molar-refractivity contribution in [2.45, 2.75) is 26.4 Å². The summed E-state index contributed by atoms with van der Waals surface area (Å²) in [6.45, 7) is 9.23. The van der Waals surface area contributed by atoms with E-state index in [0.29, 0.717) is 0 Å². The average Bonchev–Trinajstić information content (AvgIpc) is 2.94. The zero-order chi connectivity index (χ0) is 18.1. The normalized spacial score (nSPS) is 20.6. The predicted octanol–water partition coefficient (Wildman–Crippen LogP) is 3.95. The largest absolute Gasteiger partial charge is 0.369 e. The molecule has 0 bridgehead atoms. The Kier molecular flexibility index (Phi) is 4.72. The number of fused-ring (bicyclic) bond motifs is 1. The standard InChI is InChI=1S/C21H27FN4/c1-3-11-25-17(2)26(21-16-18(22)9-10-20(21)25)24-14-12-23(13-15-24)19-7-5-4-6-8-19/h4-10,16-17H,3,11-15H2,1-2H3. The van der Waals surface area contributed by atoms with Crippen LogP contribution in [0.5, 0.6) is 0 Å². The van der Waals surface area contributed by atoms with Gasteiger partial charge in [0.25, 0.3) is 0 Å². The van der Waals surface area contributed by atoms with Crippen molar-refractivity contribution in [2.75, 3.05) is 47.5 Å². The van der Waals surface area contributed by atoms with Crippen molar-refractivity contribution in [3.8, 4) is 0 Å². The van der Waals surface area contributed by atoms with E-state index < -0.39 is 0 Å². The van der Waals surface area contributed by atoms with Crippen molar-refractivity contribution in [2.24, 2.45) is 0 Å². The molecule has 0 amide bonds. The summed E-state index contributed by atoms with van der Waals surface area (Å²) >= 11 is 0. The number of rotatable bonds is 4. The molecule has 1 unspecified atom stereocenters. The van der Waals surface area contributed by atoms with Crippen molar-refractivity contribution >= 4 is 17.1 Å². The van der Waals surface area contributed by atoms with Gasteiger partial charge >= 0.3 is 0 Å². The highest BCUT2D eigenvalue weighted by atomic mass is 19.1. The maximum Gasteiger partial charge on any atom is 0.125 e. The molecule has 138 valence electrons.